The highest BCUT2D eigenvalue weighted by molar-refractivity contribution is 7.15. The minimum absolute atomic E-state index is 0.00614. The van der Waals surface area contributed by atoms with Gasteiger partial charge in [0.1, 0.15) is 34.7 Å². The number of thiazole rings is 1. The van der Waals surface area contributed by atoms with Crippen molar-refractivity contribution in [3.8, 4) is 21.2 Å². The number of likely N-dealkylation sites (tertiary alicyclic amines) is 2. The Labute approximate surface area is 442 Å². The fourth-order valence-corrected chi connectivity index (χ4v) is 11.9. The molecule has 17 nitrogen and oxygen atoms in total. The van der Waals surface area contributed by atoms with Crippen molar-refractivity contribution < 1.29 is 33.8 Å². The van der Waals surface area contributed by atoms with Gasteiger partial charge in [0.25, 0.3) is 11.8 Å². The Balaban J connectivity index is 0.807. The second-order valence-electron chi connectivity index (χ2n) is 20.1. The lowest BCUT2D eigenvalue weighted by molar-refractivity contribution is -0.144. The van der Waals surface area contributed by atoms with Gasteiger partial charge in [-0.2, -0.15) is 0 Å². The van der Waals surface area contributed by atoms with Crippen LogP contribution in [0, 0.1) is 33.1 Å². The Bertz CT molecular complexity index is 3140. The highest BCUT2D eigenvalue weighted by Gasteiger charge is 2.45. The lowest BCUT2D eigenvalue weighted by atomic mass is 9.85. The topological polar surface area (TPSA) is 213 Å². The average molecular weight is 1060 g/mol. The van der Waals surface area contributed by atoms with Gasteiger partial charge in [-0.3, -0.25) is 33.5 Å². The molecule has 4 N–H and O–H groups in total. The van der Waals surface area contributed by atoms with Gasteiger partial charge >= 0.3 is 0 Å². The zero-order valence-electron chi connectivity index (χ0n) is 42.3. The summed E-state index contributed by atoms with van der Waals surface area (Å²) in [6.45, 7) is 13.6. The monoisotopic (exact) mass is 1060 g/mol. The zero-order valence-corrected chi connectivity index (χ0v) is 44.7. The SMILES string of the molecule is Cc1ncsc1-c1ccc(CNC(=O)[C@@H]2C[C@@H](O)CN2C(=O)[C@@H](NC(=O)COc2ccccc2C(=O)N2CC[C@H](NC(=O)C[C@@H]3N=C(c4ccc(Cl)cc4)c4c(sc(C)c4C)-n4c(C)nnc43)C2)C(C)(C)C)cc1. The molecule has 6 heterocycles. The van der Waals surface area contributed by atoms with Crippen LogP contribution in [0.15, 0.2) is 83.3 Å². The van der Waals surface area contributed by atoms with Gasteiger partial charge in [0, 0.05) is 59.7 Å². The number of hydrogen-bond acceptors (Lipinski definition) is 13. The predicted octanol–water partition coefficient (Wildman–Crippen LogP) is 6.84. The summed E-state index contributed by atoms with van der Waals surface area (Å²) >= 11 is 9.48. The van der Waals surface area contributed by atoms with Gasteiger partial charge in [-0.15, -0.1) is 32.9 Å². The molecule has 0 saturated carbocycles. The number of aromatic nitrogens is 4. The quantitative estimate of drug-likeness (QED) is 0.0892. The van der Waals surface area contributed by atoms with Crippen molar-refractivity contribution in [3.05, 3.63) is 133 Å². The molecule has 74 heavy (non-hydrogen) atoms. The number of aliphatic hydroxyl groups excluding tert-OH is 1. The molecule has 3 aromatic carbocycles. The number of nitrogens with zero attached hydrogens (tertiary/aromatic N) is 7. The van der Waals surface area contributed by atoms with Crippen LogP contribution in [0.3, 0.4) is 0 Å². The number of ether oxygens (including phenoxy) is 1. The molecular weight excluding hydrogens is 1000 g/mol. The van der Waals surface area contributed by atoms with Crippen molar-refractivity contribution in [1.82, 2.24) is 45.5 Å². The third-order valence-electron chi connectivity index (χ3n) is 13.8. The summed E-state index contributed by atoms with van der Waals surface area (Å²) in [6.07, 6.45) is -0.374. The summed E-state index contributed by atoms with van der Waals surface area (Å²) in [7, 11) is 0. The molecule has 0 aliphatic carbocycles. The minimum atomic E-state index is -1.08. The Morgan fingerprint density at radius 3 is 2.36 bits per heavy atom. The highest BCUT2D eigenvalue weighted by Crippen LogP contribution is 2.40. The van der Waals surface area contributed by atoms with Crippen molar-refractivity contribution in [2.24, 2.45) is 10.4 Å². The molecule has 3 aromatic heterocycles. The molecule has 5 atom stereocenters. The molecule has 2 saturated heterocycles. The molecule has 5 amide bonds. The third-order valence-corrected chi connectivity index (χ3v) is 16.2. The number of hydrogen-bond donors (Lipinski definition) is 4. The van der Waals surface area contributed by atoms with Crippen LogP contribution in [0.2, 0.25) is 5.02 Å². The van der Waals surface area contributed by atoms with Gasteiger partial charge in [0.05, 0.1) is 39.9 Å². The van der Waals surface area contributed by atoms with Crippen molar-refractivity contribution >= 4 is 69.5 Å². The molecule has 20 heteroatoms. The number of carbonyl (C=O) groups excluding carboxylic acids is 5. The van der Waals surface area contributed by atoms with E-state index in [0.717, 1.165) is 54.0 Å². The number of β-amino-alcohol motifs (C(OH)–C–C–N with tert-alkyl or cyclic N) is 1. The lowest BCUT2D eigenvalue weighted by Crippen LogP contribution is -2.58. The molecular formula is C54H59ClN10O7S2. The number of rotatable bonds is 14. The fourth-order valence-electron chi connectivity index (χ4n) is 9.72. The molecule has 0 radical (unpaired) electrons. The average Bonchev–Trinajstić information content (AvgIpc) is 4.22. The zero-order chi connectivity index (χ0) is 52.6. The number of amides is 5. The summed E-state index contributed by atoms with van der Waals surface area (Å²) in [5, 5.41) is 30.1. The van der Waals surface area contributed by atoms with Gasteiger partial charge in [0.15, 0.2) is 12.4 Å². The van der Waals surface area contributed by atoms with Crippen LogP contribution in [0.1, 0.15) is 101 Å². The first-order valence-corrected chi connectivity index (χ1v) is 26.6. The van der Waals surface area contributed by atoms with Crippen molar-refractivity contribution in [2.75, 3.05) is 26.2 Å². The van der Waals surface area contributed by atoms with Gasteiger partial charge in [-0.25, -0.2) is 4.98 Å². The molecule has 386 valence electrons. The number of aliphatic hydroxyl groups is 1. The van der Waals surface area contributed by atoms with Crippen molar-refractivity contribution in [2.45, 2.75) is 105 Å². The van der Waals surface area contributed by atoms with Crippen LogP contribution in [-0.4, -0.2) is 120 Å². The first-order chi connectivity index (χ1) is 35.3. The Morgan fingerprint density at radius 2 is 1.65 bits per heavy atom. The normalized spacial score (nSPS) is 18.7. The second-order valence-corrected chi connectivity index (χ2v) is 22.6. The molecule has 6 aromatic rings. The van der Waals surface area contributed by atoms with E-state index in [4.69, 9.17) is 21.3 Å². The smallest absolute Gasteiger partial charge is 0.258 e. The standard InChI is InChI=1S/C54H59ClN10O7S2/c1-29-31(3)74-53-45(29)46(34-16-18-36(55)19-17-34)59-40(49-62-61-32(4)65(49)53)23-43(67)58-37-20-21-63(25-37)51(70)39-10-8-9-11-42(39)72-27-44(68)60-48(54(5,6)7)52(71)64-26-38(66)22-41(64)50(69)56-24-33-12-14-35(15-13-33)47-30(2)57-28-73-47/h8-19,28,37-38,40-41,48,66H,20-27H2,1-7H3,(H,56,69)(H,58,67)(H,60,68)/t37-,38+,40-,41-,48+/m0/s1. The second kappa shape index (κ2) is 21.6. The van der Waals surface area contributed by atoms with Gasteiger partial charge in [-0.05, 0) is 80.5 Å². The van der Waals surface area contributed by atoms with Crippen LogP contribution in [-0.2, 0) is 25.7 Å². The maximum absolute atomic E-state index is 14.3. The number of thiophene rings is 1. The van der Waals surface area contributed by atoms with Crippen molar-refractivity contribution in [3.63, 3.8) is 0 Å². The van der Waals surface area contributed by atoms with Crippen LogP contribution in [0.5, 0.6) is 5.75 Å². The number of halogens is 1. The van der Waals surface area contributed by atoms with Crippen LogP contribution in [0.25, 0.3) is 15.4 Å². The first kappa shape index (κ1) is 52.1. The summed E-state index contributed by atoms with van der Waals surface area (Å²) < 4.78 is 7.98. The van der Waals surface area contributed by atoms with E-state index in [-0.39, 0.29) is 61.6 Å². The molecule has 0 spiro atoms. The minimum Gasteiger partial charge on any atom is -0.483 e. The summed E-state index contributed by atoms with van der Waals surface area (Å²) in [6, 6.07) is 18.9. The van der Waals surface area contributed by atoms with Crippen LogP contribution in [0.4, 0.5) is 0 Å². The predicted molar refractivity (Wildman–Crippen MR) is 284 cm³/mol. The van der Waals surface area contributed by atoms with E-state index in [1.807, 2.05) is 66.9 Å². The Kier molecular flexibility index (Phi) is 15.2. The Hall–Kier alpha value is -6.80. The van der Waals surface area contributed by atoms with Gasteiger partial charge in [-0.1, -0.05) is 80.9 Å². The fraction of sp³-hybridized carbons (Fsp3) is 0.389. The maximum Gasteiger partial charge on any atom is 0.258 e. The number of fused-ring (bicyclic) bond motifs is 3. The number of nitrogens with one attached hydrogen (secondary N) is 3. The van der Waals surface area contributed by atoms with E-state index in [1.165, 1.54) is 4.90 Å². The molecule has 3 aliphatic rings. The lowest BCUT2D eigenvalue weighted by Gasteiger charge is -2.35. The van der Waals surface area contributed by atoms with E-state index < -0.39 is 54.0 Å². The number of carbonyl (C=O) groups is 5. The third kappa shape index (κ3) is 11.0. The van der Waals surface area contributed by atoms with Crippen LogP contribution >= 0.6 is 34.3 Å². The molecule has 0 unspecified atom stereocenters. The number of para-hydroxylation sites is 1. The Morgan fingerprint density at radius 1 is 0.919 bits per heavy atom. The van der Waals surface area contributed by atoms with Crippen LogP contribution < -0.4 is 20.7 Å². The van der Waals surface area contributed by atoms with E-state index in [1.54, 1.807) is 78.1 Å². The van der Waals surface area contributed by atoms with Gasteiger partial charge < -0.3 is 35.6 Å². The summed E-state index contributed by atoms with van der Waals surface area (Å²) in [5.74, 6) is -0.694. The van der Waals surface area contributed by atoms with Crippen molar-refractivity contribution in [1.29, 1.82) is 0 Å². The number of aliphatic imine (C=N–C) groups is 1. The maximum atomic E-state index is 14.3. The molecule has 3 aliphatic heterocycles. The molecule has 0 bridgehead atoms. The highest BCUT2D eigenvalue weighted by atomic mass is 35.5. The number of benzene rings is 3. The van der Waals surface area contributed by atoms with E-state index in [0.29, 0.717) is 29.6 Å². The molecule has 9 rings (SSSR count). The summed E-state index contributed by atoms with van der Waals surface area (Å²) in [5.41, 5.74) is 7.74. The largest absolute Gasteiger partial charge is 0.483 e. The number of aryl methyl sites for hydroxylation is 3. The summed E-state index contributed by atoms with van der Waals surface area (Å²) in [4.78, 5) is 84.3. The first-order valence-electron chi connectivity index (χ1n) is 24.6. The van der Waals surface area contributed by atoms with E-state index in [9.17, 15) is 29.1 Å². The van der Waals surface area contributed by atoms with E-state index in [2.05, 4.69) is 45.0 Å². The molecule has 2 fully saturated rings. The van der Waals surface area contributed by atoms with E-state index >= 15 is 0 Å². The van der Waals surface area contributed by atoms with Gasteiger partial charge in [0.2, 0.25) is 17.7 Å².